The molecule has 0 saturated carbocycles. The number of hydrogen-bond donors (Lipinski definition) is 0. The normalized spacial score (nSPS) is 19.5. The molecule has 0 spiro atoms. The van der Waals surface area contributed by atoms with Crippen LogP contribution in [-0.2, 0) is 4.79 Å². The fourth-order valence-electron chi connectivity index (χ4n) is 1.51. The van der Waals surface area contributed by atoms with E-state index in [2.05, 4.69) is 4.99 Å². The number of carbonyl (C=O) groups excluding carboxylic acids is 1. The lowest BCUT2D eigenvalue weighted by Gasteiger charge is -2.12. The molecule has 0 fully saturated rings. The maximum atomic E-state index is 11.8. The minimum absolute atomic E-state index is 0.0219. The van der Waals surface area contributed by atoms with E-state index in [4.69, 9.17) is 5.26 Å². The number of ketones is 1. The van der Waals surface area contributed by atoms with Gasteiger partial charge >= 0.3 is 0 Å². The number of rotatable bonds is 1. The Labute approximate surface area is 87.4 Å². The summed E-state index contributed by atoms with van der Waals surface area (Å²) in [5.41, 5.74) is 0.868. The van der Waals surface area contributed by atoms with Gasteiger partial charge in [-0.3, -0.25) is 4.79 Å². The van der Waals surface area contributed by atoms with Gasteiger partial charge in [0, 0.05) is 6.20 Å². The molecule has 0 amide bonds. The summed E-state index contributed by atoms with van der Waals surface area (Å²) in [6, 6.07) is 11.2. The smallest absolute Gasteiger partial charge is 0.203 e. The maximum absolute atomic E-state index is 11.8. The van der Waals surface area contributed by atoms with Crippen LogP contribution < -0.4 is 0 Å². The van der Waals surface area contributed by atoms with Gasteiger partial charge in [-0.05, 0) is 5.56 Å². The van der Waals surface area contributed by atoms with Gasteiger partial charge in [-0.2, -0.15) is 5.26 Å². The van der Waals surface area contributed by atoms with Gasteiger partial charge in [0.1, 0.15) is 6.07 Å². The predicted octanol–water partition coefficient (Wildman–Crippen LogP) is 1.83. The molecule has 1 heterocycles. The molecule has 0 N–H and O–H groups in total. The summed E-state index contributed by atoms with van der Waals surface area (Å²) in [7, 11) is 0. The number of nitriles is 1. The van der Waals surface area contributed by atoms with E-state index >= 15 is 0 Å². The van der Waals surface area contributed by atoms with Gasteiger partial charge in [0.15, 0.2) is 5.71 Å². The third-order valence-electron chi connectivity index (χ3n) is 2.26. The van der Waals surface area contributed by atoms with Gasteiger partial charge in [0.05, 0.1) is 5.92 Å². The summed E-state index contributed by atoms with van der Waals surface area (Å²) >= 11 is 0. The third-order valence-corrected chi connectivity index (χ3v) is 2.26. The van der Waals surface area contributed by atoms with Gasteiger partial charge in [0.2, 0.25) is 5.78 Å². The highest BCUT2D eigenvalue weighted by Gasteiger charge is 2.24. The molecular formula is C12H8N2O. The number of benzene rings is 1. The summed E-state index contributed by atoms with van der Waals surface area (Å²) in [5.74, 6) is -0.593. The van der Waals surface area contributed by atoms with Crippen LogP contribution in [0.15, 0.2) is 47.6 Å². The Bertz CT molecular complexity index is 480. The molecule has 1 aliphatic heterocycles. The minimum atomic E-state index is -0.363. The maximum Gasteiger partial charge on any atom is 0.203 e. The van der Waals surface area contributed by atoms with Crippen molar-refractivity contribution < 1.29 is 4.79 Å². The zero-order valence-electron chi connectivity index (χ0n) is 7.92. The van der Waals surface area contributed by atoms with E-state index in [1.807, 2.05) is 30.3 Å². The molecule has 1 aromatic carbocycles. The highest BCUT2D eigenvalue weighted by molar-refractivity contribution is 6.48. The number of hydrogen-bond acceptors (Lipinski definition) is 3. The average molecular weight is 196 g/mol. The largest absolute Gasteiger partial charge is 0.291 e. The molecular weight excluding hydrogens is 188 g/mol. The van der Waals surface area contributed by atoms with Crippen LogP contribution in [0.1, 0.15) is 11.5 Å². The topological polar surface area (TPSA) is 53.2 Å². The molecule has 0 aromatic heterocycles. The Hall–Kier alpha value is -2.21. The van der Waals surface area contributed by atoms with E-state index in [1.165, 1.54) is 6.20 Å². The van der Waals surface area contributed by atoms with Crippen LogP contribution >= 0.6 is 0 Å². The van der Waals surface area contributed by atoms with Crippen LogP contribution in [0.4, 0.5) is 0 Å². The second-order valence-electron chi connectivity index (χ2n) is 3.18. The Balaban J connectivity index is 2.36. The first kappa shape index (κ1) is 9.35. The Morgan fingerprint density at radius 2 is 2.00 bits per heavy atom. The van der Waals surface area contributed by atoms with Crippen LogP contribution in [0.25, 0.3) is 0 Å². The number of Topliss-reactive ketones (excluding diaryl/α,β-unsaturated/α-hetero) is 1. The van der Waals surface area contributed by atoms with E-state index in [-0.39, 0.29) is 17.4 Å². The molecule has 1 aromatic rings. The van der Waals surface area contributed by atoms with Gasteiger partial charge in [-0.1, -0.05) is 36.4 Å². The number of allylic oxidation sites excluding steroid dienone is 1. The summed E-state index contributed by atoms with van der Waals surface area (Å²) in [6.07, 6.45) is 3.22. The SMILES string of the molecule is N#CC1=NC=CC(c2ccccc2)C1=O. The molecule has 1 aliphatic rings. The zero-order valence-corrected chi connectivity index (χ0v) is 7.92. The highest BCUT2D eigenvalue weighted by atomic mass is 16.1. The Morgan fingerprint density at radius 3 is 2.67 bits per heavy atom. The van der Waals surface area contributed by atoms with Crippen molar-refractivity contribution in [1.29, 1.82) is 5.26 Å². The fourth-order valence-corrected chi connectivity index (χ4v) is 1.51. The van der Waals surface area contributed by atoms with E-state index in [9.17, 15) is 4.79 Å². The van der Waals surface area contributed by atoms with Crippen molar-refractivity contribution >= 4 is 11.5 Å². The first-order valence-corrected chi connectivity index (χ1v) is 4.56. The monoisotopic (exact) mass is 196 g/mol. The Kier molecular flexibility index (Phi) is 2.42. The number of aliphatic imine (C=N–C) groups is 1. The van der Waals surface area contributed by atoms with E-state index in [0.717, 1.165) is 5.56 Å². The third kappa shape index (κ3) is 1.70. The van der Waals surface area contributed by atoms with Crippen molar-refractivity contribution in [2.45, 2.75) is 5.92 Å². The molecule has 1 atom stereocenters. The van der Waals surface area contributed by atoms with Crippen molar-refractivity contribution in [1.82, 2.24) is 0 Å². The summed E-state index contributed by atoms with van der Waals surface area (Å²) in [5, 5.41) is 8.69. The lowest BCUT2D eigenvalue weighted by Crippen LogP contribution is -2.21. The number of nitrogens with zero attached hydrogens (tertiary/aromatic N) is 2. The van der Waals surface area contributed by atoms with Gasteiger partial charge in [0.25, 0.3) is 0 Å². The molecule has 0 bridgehead atoms. The lowest BCUT2D eigenvalue weighted by molar-refractivity contribution is -0.113. The second kappa shape index (κ2) is 3.89. The first-order valence-electron chi connectivity index (χ1n) is 4.56. The van der Waals surface area contributed by atoms with E-state index < -0.39 is 0 Å². The quantitative estimate of drug-likeness (QED) is 0.688. The molecule has 15 heavy (non-hydrogen) atoms. The van der Waals surface area contributed by atoms with Gasteiger partial charge in [-0.25, -0.2) is 4.99 Å². The molecule has 0 saturated heterocycles. The lowest BCUT2D eigenvalue weighted by atomic mass is 9.91. The minimum Gasteiger partial charge on any atom is -0.291 e. The standard InChI is InChI=1S/C12H8N2O/c13-8-11-12(15)10(6-7-14-11)9-4-2-1-3-5-9/h1-7,10H. The van der Waals surface area contributed by atoms with Gasteiger partial charge < -0.3 is 0 Å². The van der Waals surface area contributed by atoms with Crippen LogP contribution in [0.3, 0.4) is 0 Å². The zero-order chi connectivity index (χ0) is 10.7. The molecule has 0 aliphatic carbocycles. The summed E-state index contributed by atoms with van der Waals surface area (Å²) in [6.45, 7) is 0. The van der Waals surface area contributed by atoms with Crippen molar-refractivity contribution in [3.05, 3.63) is 48.2 Å². The van der Waals surface area contributed by atoms with Crippen molar-refractivity contribution in [3.63, 3.8) is 0 Å². The average Bonchev–Trinajstić information content (AvgIpc) is 2.30. The summed E-state index contributed by atoms with van der Waals surface area (Å²) < 4.78 is 0. The fraction of sp³-hybridized carbons (Fsp3) is 0.0833. The van der Waals surface area contributed by atoms with Crippen LogP contribution in [-0.4, -0.2) is 11.5 Å². The molecule has 3 nitrogen and oxygen atoms in total. The summed E-state index contributed by atoms with van der Waals surface area (Å²) in [4.78, 5) is 15.5. The van der Waals surface area contributed by atoms with Crippen molar-refractivity contribution in [3.8, 4) is 6.07 Å². The molecule has 72 valence electrons. The highest BCUT2D eigenvalue weighted by Crippen LogP contribution is 2.21. The van der Waals surface area contributed by atoms with Crippen LogP contribution in [0.2, 0.25) is 0 Å². The number of carbonyl (C=O) groups is 1. The van der Waals surface area contributed by atoms with E-state index in [1.54, 1.807) is 12.1 Å². The van der Waals surface area contributed by atoms with Crippen LogP contribution in [0, 0.1) is 11.3 Å². The molecule has 3 heteroatoms. The predicted molar refractivity (Wildman–Crippen MR) is 56.4 cm³/mol. The van der Waals surface area contributed by atoms with Crippen molar-refractivity contribution in [2.24, 2.45) is 4.99 Å². The second-order valence-corrected chi connectivity index (χ2v) is 3.18. The van der Waals surface area contributed by atoms with Gasteiger partial charge in [-0.15, -0.1) is 0 Å². The molecule has 2 rings (SSSR count). The molecule has 0 radical (unpaired) electrons. The van der Waals surface area contributed by atoms with Crippen molar-refractivity contribution in [2.75, 3.05) is 0 Å². The Morgan fingerprint density at radius 1 is 1.27 bits per heavy atom. The first-order chi connectivity index (χ1) is 7.33. The van der Waals surface area contributed by atoms with Crippen LogP contribution in [0.5, 0.6) is 0 Å². The molecule has 1 unspecified atom stereocenters. The van der Waals surface area contributed by atoms with E-state index in [0.29, 0.717) is 0 Å².